The highest BCUT2D eigenvalue weighted by molar-refractivity contribution is 5.69. The van der Waals surface area contributed by atoms with E-state index in [9.17, 15) is 19.8 Å². The van der Waals surface area contributed by atoms with E-state index in [1.54, 1.807) is 4.90 Å². The van der Waals surface area contributed by atoms with Gasteiger partial charge in [-0.3, -0.25) is 9.80 Å². The molecule has 2 N–H and O–H groups in total. The molecule has 30 heavy (non-hydrogen) atoms. The maximum absolute atomic E-state index is 12.6. The van der Waals surface area contributed by atoms with Gasteiger partial charge in [0.05, 0.1) is 12.6 Å². The summed E-state index contributed by atoms with van der Waals surface area (Å²) in [5.74, 6) is 0. The SMILES string of the molecule is O=C(O)N1Cc2ccc(N3CCN(C(=O)OCc4ccccc4)[C@H](CO)C3)cc2C1. The van der Waals surface area contributed by atoms with E-state index in [1.165, 1.54) is 4.90 Å². The Kier molecular flexibility index (Phi) is 5.76. The molecule has 0 bridgehead atoms. The van der Waals surface area contributed by atoms with Gasteiger partial charge in [-0.2, -0.15) is 0 Å². The van der Waals surface area contributed by atoms with Crippen molar-refractivity contribution in [3.8, 4) is 0 Å². The molecular formula is C22H25N3O5. The fourth-order valence-corrected chi connectivity index (χ4v) is 4.00. The summed E-state index contributed by atoms with van der Waals surface area (Å²) in [6.45, 7) is 2.37. The number of anilines is 1. The first-order chi connectivity index (χ1) is 14.5. The van der Waals surface area contributed by atoms with Crippen LogP contribution in [0.25, 0.3) is 0 Å². The molecule has 158 valence electrons. The summed E-state index contributed by atoms with van der Waals surface area (Å²) in [5, 5.41) is 19.1. The predicted molar refractivity (Wildman–Crippen MR) is 110 cm³/mol. The molecule has 2 aliphatic rings. The van der Waals surface area contributed by atoms with Crippen molar-refractivity contribution < 1.29 is 24.5 Å². The Labute approximate surface area is 174 Å². The maximum atomic E-state index is 12.6. The van der Waals surface area contributed by atoms with Crippen molar-refractivity contribution in [3.63, 3.8) is 0 Å². The summed E-state index contributed by atoms with van der Waals surface area (Å²) >= 11 is 0. The van der Waals surface area contributed by atoms with Gasteiger partial charge in [-0.25, -0.2) is 9.59 Å². The number of aliphatic hydroxyl groups excluding tert-OH is 1. The summed E-state index contributed by atoms with van der Waals surface area (Å²) in [4.78, 5) is 28.9. The van der Waals surface area contributed by atoms with E-state index < -0.39 is 12.2 Å². The van der Waals surface area contributed by atoms with Gasteiger partial charge in [-0.15, -0.1) is 0 Å². The van der Waals surface area contributed by atoms with Crippen LogP contribution in [0, 0.1) is 0 Å². The monoisotopic (exact) mass is 411 g/mol. The Morgan fingerprint density at radius 1 is 1.03 bits per heavy atom. The first-order valence-corrected chi connectivity index (χ1v) is 9.98. The van der Waals surface area contributed by atoms with E-state index >= 15 is 0 Å². The lowest BCUT2D eigenvalue weighted by atomic mass is 10.1. The molecule has 8 heteroatoms. The van der Waals surface area contributed by atoms with Gasteiger partial charge in [0.1, 0.15) is 6.61 Å². The number of rotatable bonds is 4. The van der Waals surface area contributed by atoms with E-state index in [-0.39, 0.29) is 19.3 Å². The highest BCUT2D eigenvalue weighted by atomic mass is 16.6. The van der Waals surface area contributed by atoms with Crippen LogP contribution >= 0.6 is 0 Å². The van der Waals surface area contributed by atoms with Crippen molar-refractivity contribution in [3.05, 3.63) is 65.2 Å². The van der Waals surface area contributed by atoms with Crippen molar-refractivity contribution in [2.75, 3.05) is 31.1 Å². The molecule has 1 atom stereocenters. The minimum absolute atomic E-state index is 0.158. The number of carboxylic acid groups (broad SMARTS) is 1. The van der Waals surface area contributed by atoms with Gasteiger partial charge in [-0.1, -0.05) is 36.4 Å². The fourth-order valence-electron chi connectivity index (χ4n) is 4.00. The molecule has 2 aromatic carbocycles. The van der Waals surface area contributed by atoms with Crippen molar-refractivity contribution >= 4 is 17.9 Å². The second-order valence-electron chi connectivity index (χ2n) is 7.61. The standard InChI is InChI=1S/C22H25N3O5/c26-14-20-13-23(19-7-6-17-11-24(21(27)28)12-18(17)10-19)8-9-25(20)22(29)30-15-16-4-2-1-3-5-16/h1-7,10,20,26H,8-9,11-15H2,(H,27,28)/t20-/m0/s1. The molecular weight excluding hydrogens is 386 g/mol. The average molecular weight is 411 g/mol. The van der Waals surface area contributed by atoms with Gasteiger partial charge < -0.3 is 19.8 Å². The largest absolute Gasteiger partial charge is 0.465 e. The second kappa shape index (κ2) is 8.62. The molecule has 0 aromatic heterocycles. The zero-order valence-corrected chi connectivity index (χ0v) is 16.6. The number of aliphatic hydroxyl groups is 1. The van der Waals surface area contributed by atoms with Crippen molar-refractivity contribution in [1.82, 2.24) is 9.80 Å². The molecule has 2 heterocycles. The smallest absolute Gasteiger partial charge is 0.410 e. The fraction of sp³-hybridized carbons (Fsp3) is 0.364. The Morgan fingerprint density at radius 3 is 2.53 bits per heavy atom. The number of carbonyl (C=O) groups excluding carboxylic acids is 1. The third kappa shape index (κ3) is 4.18. The quantitative estimate of drug-likeness (QED) is 0.803. The number of hydrogen-bond acceptors (Lipinski definition) is 5. The van der Waals surface area contributed by atoms with Crippen molar-refractivity contribution in [1.29, 1.82) is 0 Å². The van der Waals surface area contributed by atoms with E-state index in [0.29, 0.717) is 32.7 Å². The van der Waals surface area contributed by atoms with Crippen LogP contribution in [-0.4, -0.2) is 64.5 Å². The van der Waals surface area contributed by atoms with Gasteiger partial charge in [0.25, 0.3) is 0 Å². The number of nitrogens with zero attached hydrogens (tertiary/aromatic N) is 3. The summed E-state index contributed by atoms with van der Waals surface area (Å²) in [6.07, 6.45) is -1.35. The summed E-state index contributed by atoms with van der Waals surface area (Å²) in [6, 6.07) is 15.1. The highest BCUT2D eigenvalue weighted by Gasteiger charge is 2.32. The van der Waals surface area contributed by atoms with Crippen LogP contribution in [0.3, 0.4) is 0 Å². The molecule has 0 spiro atoms. The summed E-state index contributed by atoms with van der Waals surface area (Å²) in [5.41, 5.74) is 3.90. The van der Waals surface area contributed by atoms with Crippen LogP contribution in [0.15, 0.2) is 48.5 Å². The molecule has 2 aliphatic heterocycles. The van der Waals surface area contributed by atoms with E-state index in [0.717, 1.165) is 22.4 Å². The second-order valence-corrected chi connectivity index (χ2v) is 7.61. The van der Waals surface area contributed by atoms with Crippen LogP contribution in [0.5, 0.6) is 0 Å². The van der Waals surface area contributed by atoms with Crippen LogP contribution in [0.2, 0.25) is 0 Å². The average Bonchev–Trinajstić information content (AvgIpc) is 3.21. The van der Waals surface area contributed by atoms with Gasteiger partial charge >= 0.3 is 12.2 Å². The number of benzene rings is 2. The maximum Gasteiger partial charge on any atom is 0.410 e. The molecule has 0 unspecified atom stereocenters. The van der Waals surface area contributed by atoms with Crippen LogP contribution < -0.4 is 4.90 Å². The number of ether oxygens (including phenoxy) is 1. The number of amides is 2. The topological polar surface area (TPSA) is 93.6 Å². The first kappa shape index (κ1) is 20.0. The Hall–Kier alpha value is -3.26. The predicted octanol–water partition coefficient (Wildman–Crippen LogP) is 2.50. The zero-order valence-electron chi connectivity index (χ0n) is 16.6. The van der Waals surface area contributed by atoms with Crippen LogP contribution in [-0.2, 0) is 24.4 Å². The molecule has 0 saturated carbocycles. The molecule has 2 amide bonds. The minimum Gasteiger partial charge on any atom is -0.465 e. The zero-order chi connectivity index (χ0) is 21.1. The lowest BCUT2D eigenvalue weighted by molar-refractivity contribution is 0.0597. The van der Waals surface area contributed by atoms with Gasteiger partial charge in [0, 0.05) is 38.4 Å². The summed E-state index contributed by atoms with van der Waals surface area (Å²) in [7, 11) is 0. The normalized spacial score (nSPS) is 18.3. The molecule has 0 radical (unpaired) electrons. The third-order valence-corrected chi connectivity index (χ3v) is 5.68. The highest BCUT2D eigenvalue weighted by Crippen LogP contribution is 2.28. The number of carbonyl (C=O) groups is 2. The molecule has 2 aromatic rings. The molecule has 4 rings (SSSR count). The Bertz CT molecular complexity index is 920. The lowest BCUT2D eigenvalue weighted by Crippen LogP contribution is -2.56. The molecule has 8 nitrogen and oxygen atoms in total. The lowest BCUT2D eigenvalue weighted by Gasteiger charge is -2.41. The van der Waals surface area contributed by atoms with Crippen LogP contribution in [0.4, 0.5) is 15.3 Å². The third-order valence-electron chi connectivity index (χ3n) is 5.68. The van der Waals surface area contributed by atoms with E-state index in [2.05, 4.69) is 4.90 Å². The van der Waals surface area contributed by atoms with E-state index in [1.807, 2.05) is 48.5 Å². The van der Waals surface area contributed by atoms with Gasteiger partial charge in [0.2, 0.25) is 0 Å². The Balaban J connectivity index is 1.38. The minimum atomic E-state index is -0.921. The number of piperazine rings is 1. The van der Waals surface area contributed by atoms with Crippen molar-refractivity contribution in [2.45, 2.75) is 25.7 Å². The van der Waals surface area contributed by atoms with E-state index in [4.69, 9.17) is 4.74 Å². The number of hydrogen-bond donors (Lipinski definition) is 2. The van der Waals surface area contributed by atoms with Gasteiger partial charge in [-0.05, 0) is 28.8 Å². The number of fused-ring (bicyclic) bond motifs is 1. The van der Waals surface area contributed by atoms with Crippen LogP contribution in [0.1, 0.15) is 16.7 Å². The summed E-state index contributed by atoms with van der Waals surface area (Å²) < 4.78 is 5.43. The molecule has 1 fully saturated rings. The molecule has 1 saturated heterocycles. The molecule has 0 aliphatic carbocycles. The van der Waals surface area contributed by atoms with Crippen molar-refractivity contribution in [2.24, 2.45) is 0 Å². The Morgan fingerprint density at radius 2 is 1.80 bits per heavy atom. The van der Waals surface area contributed by atoms with Gasteiger partial charge in [0.15, 0.2) is 0 Å². The first-order valence-electron chi connectivity index (χ1n) is 9.98.